The number of pyridine rings is 1. The van der Waals surface area contributed by atoms with Gasteiger partial charge in [0.1, 0.15) is 5.56 Å². The van der Waals surface area contributed by atoms with Crippen molar-refractivity contribution >= 4 is 11.6 Å². The third-order valence-electron chi connectivity index (χ3n) is 5.10. The van der Waals surface area contributed by atoms with Gasteiger partial charge >= 0.3 is 0 Å². The number of carbonyl (C=O) groups excluding carboxylic acids is 1. The highest BCUT2D eigenvalue weighted by Crippen LogP contribution is 2.23. The van der Waals surface area contributed by atoms with Gasteiger partial charge in [0.25, 0.3) is 11.5 Å². The maximum atomic E-state index is 12.6. The SMILES string of the molecule is CCc1ccccc1NC(=O)c1ccc(-c2ccc(-c3ccccc3)cc2)[nH]c1=O. The molecule has 4 aromatic rings. The Labute approximate surface area is 175 Å². The van der Waals surface area contributed by atoms with Crippen LogP contribution in [0.3, 0.4) is 0 Å². The van der Waals surface area contributed by atoms with Gasteiger partial charge in [0.15, 0.2) is 0 Å². The van der Waals surface area contributed by atoms with Crippen molar-refractivity contribution in [3.8, 4) is 22.4 Å². The largest absolute Gasteiger partial charge is 0.322 e. The number of hydrogen-bond donors (Lipinski definition) is 2. The van der Waals surface area contributed by atoms with E-state index in [1.807, 2.05) is 73.7 Å². The fourth-order valence-corrected chi connectivity index (χ4v) is 3.43. The third kappa shape index (κ3) is 4.08. The van der Waals surface area contributed by atoms with Gasteiger partial charge in [-0.25, -0.2) is 0 Å². The molecule has 30 heavy (non-hydrogen) atoms. The second-order valence-electron chi connectivity index (χ2n) is 7.02. The first kappa shape index (κ1) is 19.4. The van der Waals surface area contributed by atoms with Gasteiger partial charge in [-0.05, 0) is 46.9 Å². The summed E-state index contributed by atoms with van der Waals surface area (Å²) in [4.78, 5) is 28.0. The molecule has 0 radical (unpaired) electrons. The molecule has 0 aliphatic rings. The van der Waals surface area contributed by atoms with Crippen molar-refractivity contribution in [2.45, 2.75) is 13.3 Å². The lowest BCUT2D eigenvalue weighted by Gasteiger charge is -2.10. The molecule has 0 aliphatic carbocycles. The second-order valence-corrected chi connectivity index (χ2v) is 7.02. The summed E-state index contributed by atoms with van der Waals surface area (Å²) in [5, 5.41) is 2.84. The highest BCUT2D eigenvalue weighted by Gasteiger charge is 2.13. The fraction of sp³-hybridized carbons (Fsp3) is 0.0769. The first-order valence-corrected chi connectivity index (χ1v) is 9.94. The molecule has 1 aromatic heterocycles. The molecule has 2 N–H and O–H groups in total. The number of aromatic nitrogens is 1. The van der Waals surface area contributed by atoms with Gasteiger partial charge in [-0.2, -0.15) is 0 Å². The average Bonchev–Trinajstić information content (AvgIpc) is 2.80. The summed E-state index contributed by atoms with van der Waals surface area (Å²) in [5.41, 5.74) is 5.23. The number of rotatable bonds is 5. The van der Waals surface area contributed by atoms with Crippen molar-refractivity contribution in [3.63, 3.8) is 0 Å². The summed E-state index contributed by atoms with van der Waals surface area (Å²) in [6.07, 6.45) is 0.796. The van der Waals surface area contributed by atoms with E-state index in [1.165, 1.54) is 0 Å². The highest BCUT2D eigenvalue weighted by molar-refractivity contribution is 6.04. The van der Waals surface area contributed by atoms with Crippen molar-refractivity contribution in [1.29, 1.82) is 0 Å². The standard InChI is InChI=1S/C26H22N2O2/c1-2-18-8-6-7-11-23(18)27-25(29)22-16-17-24(28-26(22)30)21-14-12-20(13-15-21)19-9-4-3-5-10-19/h3-17H,2H2,1H3,(H,27,29)(H,28,30). The molecule has 4 heteroatoms. The van der Waals surface area contributed by atoms with Crippen LogP contribution in [0, 0.1) is 0 Å². The van der Waals surface area contributed by atoms with Crippen molar-refractivity contribution < 1.29 is 4.79 Å². The van der Waals surface area contributed by atoms with Crippen LogP contribution in [0.5, 0.6) is 0 Å². The maximum absolute atomic E-state index is 12.6. The van der Waals surface area contributed by atoms with Gasteiger partial charge in [0.05, 0.1) is 0 Å². The Hall–Kier alpha value is -3.92. The molecule has 3 aromatic carbocycles. The monoisotopic (exact) mass is 394 g/mol. The number of nitrogens with one attached hydrogen (secondary N) is 2. The van der Waals surface area contributed by atoms with Crippen molar-refractivity contribution in [1.82, 2.24) is 4.98 Å². The quantitative estimate of drug-likeness (QED) is 0.468. The van der Waals surface area contributed by atoms with E-state index in [-0.39, 0.29) is 5.56 Å². The van der Waals surface area contributed by atoms with E-state index in [0.29, 0.717) is 5.69 Å². The van der Waals surface area contributed by atoms with Crippen molar-refractivity contribution in [3.05, 3.63) is 112 Å². The number of carbonyl (C=O) groups is 1. The minimum atomic E-state index is -0.414. The van der Waals surface area contributed by atoms with Crippen LogP contribution in [0.15, 0.2) is 95.8 Å². The Bertz CT molecular complexity index is 1230. The molecule has 0 saturated carbocycles. The zero-order valence-corrected chi connectivity index (χ0v) is 16.7. The molecule has 0 spiro atoms. The van der Waals surface area contributed by atoms with Crippen LogP contribution in [0.25, 0.3) is 22.4 Å². The smallest absolute Gasteiger partial charge is 0.261 e. The van der Waals surface area contributed by atoms with Crippen LogP contribution in [-0.2, 0) is 6.42 Å². The number of anilines is 1. The van der Waals surface area contributed by atoms with Gasteiger partial charge in [0.2, 0.25) is 0 Å². The third-order valence-corrected chi connectivity index (χ3v) is 5.10. The molecule has 4 rings (SSSR count). The van der Waals surface area contributed by atoms with E-state index in [0.717, 1.165) is 34.4 Å². The zero-order valence-electron chi connectivity index (χ0n) is 16.7. The Morgan fingerprint density at radius 1 is 0.767 bits per heavy atom. The molecular weight excluding hydrogens is 372 g/mol. The summed E-state index contributed by atoms with van der Waals surface area (Å²) < 4.78 is 0. The first-order chi connectivity index (χ1) is 14.7. The normalized spacial score (nSPS) is 10.6. The first-order valence-electron chi connectivity index (χ1n) is 9.94. The lowest BCUT2D eigenvalue weighted by molar-refractivity contribution is 0.102. The molecule has 0 bridgehead atoms. The maximum Gasteiger partial charge on any atom is 0.261 e. The molecular formula is C26H22N2O2. The molecule has 148 valence electrons. The van der Waals surface area contributed by atoms with Crippen LogP contribution < -0.4 is 10.9 Å². The van der Waals surface area contributed by atoms with Gasteiger partial charge < -0.3 is 10.3 Å². The number of amides is 1. The Kier molecular flexibility index (Phi) is 5.57. The predicted molar refractivity (Wildman–Crippen MR) is 122 cm³/mol. The van der Waals surface area contributed by atoms with E-state index in [4.69, 9.17) is 0 Å². The lowest BCUT2D eigenvalue weighted by Crippen LogP contribution is -2.23. The van der Waals surface area contributed by atoms with Crippen molar-refractivity contribution in [2.24, 2.45) is 0 Å². The molecule has 0 atom stereocenters. The highest BCUT2D eigenvalue weighted by atomic mass is 16.2. The molecule has 4 nitrogen and oxygen atoms in total. The van der Waals surface area contributed by atoms with Crippen LogP contribution in [0.2, 0.25) is 0 Å². The zero-order chi connectivity index (χ0) is 20.9. The van der Waals surface area contributed by atoms with Crippen LogP contribution >= 0.6 is 0 Å². The van der Waals surface area contributed by atoms with Crippen LogP contribution in [0.4, 0.5) is 5.69 Å². The van der Waals surface area contributed by atoms with Gasteiger partial charge in [0, 0.05) is 11.4 Å². The number of H-pyrrole nitrogens is 1. The van der Waals surface area contributed by atoms with E-state index in [9.17, 15) is 9.59 Å². The van der Waals surface area contributed by atoms with Crippen LogP contribution in [-0.4, -0.2) is 10.9 Å². The lowest BCUT2D eigenvalue weighted by atomic mass is 10.0. The van der Waals surface area contributed by atoms with Crippen molar-refractivity contribution in [2.75, 3.05) is 5.32 Å². The molecule has 0 aliphatic heterocycles. The molecule has 0 unspecified atom stereocenters. The summed E-state index contributed by atoms with van der Waals surface area (Å²) in [7, 11) is 0. The summed E-state index contributed by atoms with van der Waals surface area (Å²) >= 11 is 0. The summed E-state index contributed by atoms with van der Waals surface area (Å²) in [6, 6.07) is 29.0. The van der Waals surface area contributed by atoms with E-state index in [1.54, 1.807) is 12.1 Å². The Balaban J connectivity index is 1.56. The summed E-state index contributed by atoms with van der Waals surface area (Å²) in [5.74, 6) is -0.414. The van der Waals surface area contributed by atoms with Crippen LogP contribution in [0.1, 0.15) is 22.8 Å². The van der Waals surface area contributed by atoms with Gasteiger partial charge in [-0.1, -0.05) is 79.7 Å². The number of para-hydroxylation sites is 1. The van der Waals surface area contributed by atoms with Gasteiger partial charge in [-0.15, -0.1) is 0 Å². The van der Waals surface area contributed by atoms with E-state index in [2.05, 4.69) is 22.4 Å². The predicted octanol–water partition coefficient (Wildman–Crippen LogP) is 5.52. The molecule has 0 fully saturated rings. The second kappa shape index (κ2) is 8.62. The van der Waals surface area contributed by atoms with E-state index >= 15 is 0 Å². The molecule has 1 amide bonds. The Morgan fingerprint density at radius 3 is 2.10 bits per heavy atom. The average molecular weight is 394 g/mol. The van der Waals surface area contributed by atoms with E-state index < -0.39 is 11.5 Å². The topological polar surface area (TPSA) is 62.0 Å². The number of aryl methyl sites for hydroxylation is 1. The van der Waals surface area contributed by atoms with Gasteiger partial charge in [-0.3, -0.25) is 9.59 Å². The molecule has 1 heterocycles. The fourth-order valence-electron chi connectivity index (χ4n) is 3.43. The Morgan fingerprint density at radius 2 is 1.40 bits per heavy atom. The minimum Gasteiger partial charge on any atom is -0.322 e. The summed E-state index contributed by atoms with van der Waals surface area (Å²) in [6.45, 7) is 2.02. The number of benzene rings is 3. The minimum absolute atomic E-state index is 0.0885. The number of hydrogen-bond acceptors (Lipinski definition) is 2. The molecule has 0 saturated heterocycles. The number of aromatic amines is 1.